The molecular formula is C14H22N4O. The normalized spacial score (nSPS) is 18.6. The van der Waals surface area contributed by atoms with Crippen LogP contribution in [-0.2, 0) is 4.79 Å². The highest BCUT2D eigenvalue weighted by molar-refractivity contribution is 5.78. The van der Waals surface area contributed by atoms with Crippen molar-refractivity contribution in [2.45, 2.75) is 19.4 Å². The molecule has 5 heteroatoms. The van der Waals surface area contributed by atoms with Gasteiger partial charge in [0.1, 0.15) is 0 Å². The quantitative estimate of drug-likeness (QED) is 0.832. The van der Waals surface area contributed by atoms with E-state index in [1.54, 1.807) is 12.4 Å². The van der Waals surface area contributed by atoms with Crippen LogP contribution in [0, 0.1) is 0 Å². The van der Waals surface area contributed by atoms with Crippen LogP contribution in [0.4, 0.5) is 0 Å². The summed E-state index contributed by atoms with van der Waals surface area (Å²) in [5, 5.41) is 6.36. The van der Waals surface area contributed by atoms with Crippen molar-refractivity contribution >= 4 is 5.91 Å². The van der Waals surface area contributed by atoms with E-state index in [9.17, 15) is 4.79 Å². The zero-order valence-corrected chi connectivity index (χ0v) is 11.4. The first-order valence-electron chi connectivity index (χ1n) is 6.88. The number of amides is 1. The Morgan fingerprint density at radius 3 is 3.21 bits per heavy atom. The second-order valence-corrected chi connectivity index (χ2v) is 4.96. The molecule has 19 heavy (non-hydrogen) atoms. The average molecular weight is 262 g/mol. The number of carbonyl (C=O) groups excluding carboxylic acids is 1. The monoisotopic (exact) mass is 262 g/mol. The number of nitrogens with zero attached hydrogens (tertiary/aromatic N) is 2. The second-order valence-electron chi connectivity index (χ2n) is 4.96. The third kappa shape index (κ3) is 4.61. The van der Waals surface area contributed by atoms with Gasteiger partial charge in [-0.1, -0.05) is 6.07 Å². The maximum absolute atomic E-state index is 12.0. The third-order valence-corrected chi connectivity index (χ3v) is 3.36. The Morgan fingerprint density at radius 2 is 2.42 bits per heavy atom. The van der Waals surface area contributed by atoms with Gasteiger partial charge in [0.15, 0.2) is 0 Å². The Morgan fingerprint density at radius 1 is 1.53 bits per heavy atom. The molecule has 0 bridgehead atoms. The zero-order chi connectivity index (χ0) is 13.5. The fourth-order valence-corrected chi connectivity index (χ4v) is 2.27. The van der Waals surface area contributed by atoms with Gasteiger partial charge in [-0.25, -0.2) is 0 Å². The Balaban J connectivity index is 1.80. The third-order valence-electron chi connectivity index (χ3n) is 3.36. The molecule has 1 aromatic rings. The van der Waals surface area contributed by atoms with Gasteiger partial charge in [-0.15, -0.1) is 0 Å². The summed E-state index contributed by atoms with van der Waals surface area (Å²) < 4.78 is 0. The summed E-state index contributed by atoms with van der Waals surface area (Å²) in [7, 11) is 0. The highest BCUT2D eigenvalue weighted by atomic mass is 16.2. The molecule has 0 spiro atoms. The number of pyridine rings is 1. The van der Waals surface area contributed by atoms with E-state index in [1.165, 1.54) is 0 Å². The average Bonchev–Trinajstić information content (AvgIpc) is 2.68. The first kappa shape index (κ1) is 14.0. The molecule has 2 rings (SSSR count). The lowest BCUT2D eigenvalue weighted by Crippen LogP contribution is -2.39. The predicted molar refractivity (Wildman–Crippen MR) is 74.7 cm³/mol. The van der Waals surface area contributed by atoms with Crippen molar-refractivity contribution in [2.24, 2.45) is 0 Å². The van der Waals surface area contributed by atoms with Crippen molar-refractivity contribution in [3.05, 3.63) is 30.1 Å². The molecule has 2 heterocycles. The molecule has 1 saturated heterocycles. The van der Waals surface area contributed by atoms with E-state index in [0.717, 1.165) is 38.2 Å². The first-order chi connectivity index (χ1) is 9.25. The van der Waals surface area contributed by atoms with Crippen molar-refractivity contribution in [1.82, 2.24) is 20.5 Å². The molecule has 104 valence electrons. The molecule has 1 fully saturated rings. The number of carbonyl (C=O) groups is 1. The molecule has 1 amide bonds. The van der Waals surface area contributed by atoms with E-state index in [4.69, 9.17) is 0 Å². The van der Waals surface area contributed by atoms with Gasteiger partial charge in [0.2, 0.25) is 5.91 Å². The molecule has 1 atom stereocenters. The lowest BCUT2D eigenvalue weighted by Gasteiger charge is -2.20. The first-order valence-corrected chi connectivity index (χ1v) is 6.88. The summed E-state index contributed by atoms with van der Waals surface area (Å²) in [6.45, 7) is 6.40. The maximum atomic E-state index is 12.0. The van der Waals surface area contributed by atoms with Crippen molar-refractivity contribution in [2.75, 3.05) is 32.7 Å². The molecular weight excluding hydrogens is 240 g/mol. The van der Waals surface area contributed by atoms with Gasteiger partial charge >= 0.3 is 0 Å². The molecule has 0 unspecified atom stereocenters. The number of rotatable bonds is 4. The number of hydrogen-bond acceptors (Lipinski definition) is 4. The second kappa shape index (κ2) is 7.21. The summed E-state index contributed by atoms with van der Waals surface area (Å²) in [4.78, 5) is 18.3. The van der Waals surface area contributed by atoms with Crippen LogP contribution in [0.2, 0.25) is 0 Å². The van der Waals surface area contributed by atoms with E-state index < -0.39 is 0 Å². The van der Waals surface area contributed by atoms with Crippen LogP contribution in [0.1, 0.15) is 24.9 Å². The van der Waals surface area contributed by atoms with Crippen LogP contribution in [0.5, 0.6) is 0 Å². The van der Waals surface area contributed by atoms with Crippen molar-refractivity contribution in [1.29, 1.82) is 0 Å². The molecule has 1 aromatic heterocycles. The van der Waals surface area contributed by atoms with Gasteiger partial charge in [-0.2, -0.15) is 0 Å². The molecule has 1 aliphatic heterocycles. The minimum absolute atomic E-state index is 0.00584. The fourth-order valence-electron chi connectivity index (χ4n) is 2.27. The molecule has 0 saturated carbocycles. The van der Waals surface area contributed by atoms with Crippen molar-refractivity contribution in [3.63, 3.8) is 0 Å². The predicted octanol–water partition coefficient (Wildman–Crippen LogP) is 0.554. The summed E-state index contributed by atoms with van der Waals surface area (Å²) in [6.07, 6.45) is 4.63. The Labute approximate surface area is 114 Å². The van der Waals surface area contributed by atoms with Gasteiger partial charge in [0.05, 0.1) is 12.6 Å². The van der Waals surface area contributed by atoms with Gasteiger partial charge < -0.3 is 10.6 Å². The fraction of sp³-hybridized carbons (Fsp3) is 0.571. The van der Waals surface area contributed by atoms with Crippen LogP contribution in [-0.4, -0.2) is 48.5 Å². The largest absolute Gasteiger partial charge is 0.348 e. The van der Waals surface area contributed by atoms with Gasteiger partial charge in [-0.05, 0) is 38.1 Å². The minimum atomic E-state index is 0.00584. The number of nitrogens with one attached hydrogen (secondary N) is 2. The molecule has 1 aliphatic rings. The summed E-state index contributed by atoms with van der Waals surface area (Å²) in [5.41, 5.74) is 1.04. The van der Waals surface area contributed by atoms with E-state index in [2.05, 4.69) is 20.5 Å². The Hall–Kier alpha value is -1.46. The summed E-state index contributed by atoms with van der Waals surface area (Å²) >= 11 is 0. The Kier molecular flexibility index (Phi) is 5.30. The molecule has 0 aromatic carbocycles. The molecule has 2 N–H and O–H groups in total. The SMILES string of the molecule is C[C@H](NC(=O)CN1CCCNCC1)c1cccnc1. The lowest BCUT2D eigenvalue weighted by molar-refractivity contribution is -0.122. The Bertz CT molecular complexity index is 388. The standard InChI is InChI=1S/C14H22N4O/c1-12(13-4-2-5-16-10-13)17-14(19)11-18-8-3-6-15-7-9-18/h2,4-5,10,12,15H,3,6-9,11H2,1H3,(H,17,19)/t12-/m0/s1. The summed E-state index contributed by atoms with van der Waals surface area (Å²) in [6, 6.07) is 3.87. The van der Waals surface area contributed by atoms with E-state index in [0.29, 0.717) is 6.54 Å². The maximum Gasteiger partial charge on any atom is 0.234 e. The molecule has 0 radical (unpaired) electrons. The van der Waals surface area contributed by atoms with Crippen LogP contribution in [0.15, 0.2) is 24.5 Å². The van der Waals surface area contributed by atoms with Crippen molar-refractivity contribution < 1.29 is 4.79 Å². The van der Waals surface area contributed by atoms with Gasteiger partial charge in [-0.3, -0.25) is 14.7 Å². The van der Waals surface area contributed by atoms with Crippen LogP contribution in [0.3, 0.4) is 0 Å². The minimum Gasteiger partial charge on any atom is -0.348 e. The van der Waals surface area contributed by atoms with Crippen molar-refractivity contribution in [3.8, 4) is 0 Å². The van der Waals surface area contributed by atoms with Crippen LogP contribution in [0.25, 0.3) is 0 Å². The number of aromatic nitrogens is 1. The van der Waals surface area contributed by atoms with E-state index in [1.807, 2.05) is 19.1 Å². The van der Waals surface area contributed by atoms with Crippen LogP contribution >= 0.6 is 0 Å². The molecule has 0 aliphatic carbocycles. The van der Waals surface area contributed by atoms with Crippen LogP contribution < -0.4 is 10.6 Å². The van der Waals surface area contributed by atoms with E-state index >= 15 is 0 Å². The highest BCUT2D eigenvalue weighted by Gasteiger charge is 2.14. The lowest BCUT2D eigenvalue weighted by atomic mass is 10.1. The topological polar surface area (TPSA) is 57.3 Å². The zero-order valence-electron chi connectivity index (χ0n) is 11.4. The number of hydrogen-bond donors (Lipinski definition) is 2. The van der Waals surface area contributed by atoms with E-state index in [-0.39, 0.29) is 11.9 Å². The summed E-state index contributed by atoms with van der Waals surface area (Å²) in [5.74, 6) is 0.0817. The molecule has 5 nitrogen and oxygen atoms in total. The highest BCUT2D eigenvalue weighted by Crippen LogP contribution is 2.09. The van der Waals surface area contributed by atoms with Gasteiger partial charge in [0, 0.05) is 25.5 Å². The smallest absolute Gasteiger partial charge is 0.234 e. The van der Waals surface area contributed by atoms with Gasteiger partial charge in [0.25, 0.3) is 0 Å².